The molecule has 0 radical (unpaired) electrons. The van der Waals surface area contributed by atoms with Gasteiger partial charge in [0.1, 0.15) is 11.9 Å². The van der Waals surface area contributed by atoms with Crippen molar-refractivity contribution < 1.29 is 4.74 Å². The van der Waals surface area contributed by atoms with E-state index in [4.69, 9.17) is 34.4 Å². The molecular weight excluding hydrogens is 471 g/mol. The summed E-state index contributed by atoms with van der Waals surface area (Å²) in [5.41, 5.74) is 8.68. The number of aryl methyl sites for hydroxylation is 2. The molecule has 0 fully saturated rings. The minimum absolute atomic E-state index is 0.364. The lowest BCUT2D eigenvalue weighted by Gasteiger charge is -2.17. The number of benzene rings is 3. The summed E-state index contributed by atoms with van der Waals surface area (Å²) in [6.07, 6.45) is 7.57. The van der Waals surface area contributed by atoms with Gasteiger partial charge in [0.15, 0.2) is 0 Å². The fourth-order valence-corrected chi connectivity index (χ4v) is 3.93. The zero-order valence-corrected chi connectivity index (χ0v) is 20.9. The third-order valence-electron chi connectivity index (χ3n) is 5.11. The van der Waals surface area contributed by atoms with E-state index in [-0.39, 0.29) is 0 Å². The molecule has 0 heterocycles. The SMILES string of the molecule is C#CC#CC#CC#CC#COc1cccc(-c2cc(CCl)c(-c3cc(C)ccc3C)cc2CCl)c1. The molecule has 0 unspecified atom stereocenters. The van der Waals surface area contributed by atoms with Crippen molar-refractivity contribution >= 4 is 23.2 Å². The highest BCUT2D eigenvalue weighted by Crippen LogP contribution is 2.36. The number of ether oxygens (including phenoxy) is 1. The molecule has 0 amide bonds. The van der Waals surface area contributed by atoms with Gasteiger partial charge in [-0.05, 0) is 101 Å². The molecule has 0 saturated carbocycles. The van der Waals surface area contributed by atoms with Crippen LogP contribution in [0.2, 0.25) is 0 Å². The number of alkyl halides is 2. The number of terminal acetylenes is 1. The van der Waals surface area contributed by atoms with Crippen LogP contribution in [0.15, 0.2) is 54.6 Å². The van der Waals surface area contributed by atoms with Crippen LogP contribution in [0, 0.1) is 73.7 Å². The second-order valence-corrected chi connectivity index (χ2v) is 8.04. The molecule has 0 aliphatic carbocycles. The van der Waals surface area contributed by atoms with Crippen molar-refractivity contribution in [2.75, 3.05) is 0 Å². The molecule has 0 N–H and O–H groups in total. The van der Waals surface area contributed by atoms with Crippen LogP contribution in [0.5, 0.6) is 5.75 Å². The first-order valence-corrected chi connectivity index (χ1v) is 11.7. The monoisotopic (exact) mass is 490 g/mol. The Morgan fingerprint density at radius 3 is 2.09 bits per heavy atom. The molecule has 3 heteroatoms. The predicted octanol–water partition coefficient (Wildman–Crippen LogP) is 7.10. The maximum Gasteiger partial charge on any atom is 0.140 e. The maximum absolute atomic E-state index is 6.39. The van der Waals surface area contributed by atoms with Gasteiger partial charge in [-0.1, -0.05) is 35.9 Å². The Kier molecular flexibility index (Phi) is 9.39. The Bertz CT molecular complexity index is 1540. The van der Waals surface area contributed by atoms with Crippen molar-refractivity contribution in [1.29, 1.82) is 0 Å². The molecule has 1 nitrogen and oxygen atoms in total. The van der Waals surface area contributed by atoms with Gasteiger partial charge in [-0.2, -0.15) is 0 Å². The average molecular weight is 491 g/mol. The second-order valence-electron chi connectivity index (χ2n) is 7.50. The van der Waals surface area contributed by atoms with Crippen LogP contribution in [-0.2, 0) is 11.8 Å². The van der Waals surface area contributed by atoms with Crippen LogP contribution < -0.4 is 4.74 Å². The molecule has 0 bridgehead atoms. The first-order chi connectivity index (χ1) is 17.1. The van der Waals surface area contributed by atoms with Gasteiger partial charge in [0, 0.05) is 35.4 Å². The van der Waals surface area contributed by atoms with Gasteiger partial charge in [0.25, 0.3) is 0 Å². The molecule has 168 valence electrons. The van der Waals surface area contributed by atoms with E-state index in [1.165, 1.54) is 16.7 Å². The highest BCUT2D eigenvalue weighted by atomic mass is 35.5. The first-order valence-electron chi connectivity index (χ1n) is 10.7. The molecule has 0 atom stereocenters. The molecular formula is C32H20Cl2O. The van der Waals surface area contributed by atoms with Crippen LogP contribution in [0.4, 0.5) is 0 Å². The van der Waals surface area contributed by atoms with E-state index in [1.54, 1.807) is 0 Å². The fourth-order valence-electron chi connectivity index (χ4n) is 3.49. The fraction of sp³-hybridized carbons (Fsp3) is 0.125. The Balaban J connectivity index is 1.92. The normalized spacial score (nSPS) is 9.00. The number of rotatable bonds is 5. The van der Waals surface area contributed by atoms with E-state index < -0.39 is 0 Å². The van der Waals surface area contributed by atoms with Crippen LogP contribution in [0.25, 0.3) is 22.3 Å². The van der Waals surface area contributed by atoms with Crippen LogP contribution in [0.3, 0.4) is 0 Å². The summed E-state index contributed by atoms with van der Waals surface area (Å²) >= 11 is 12.8. The zero-order chi connectivity index (χ0) is 25.0. The van der Waals surface area contributed by atoms with Crippen molar-refractivity contribution in [3.8, 4) is 87.9 Å². The Labute approximate surface area is 217 Å². The molecule has 0 aliphatic rings. The standard InChI is InChI=1S/C32H20Cl2O/c1-4-5-6-7-8-9-10-11-17-35-29-14-12-13-26(19-29)31-20-28(23-34)32(21-27(31)22-33)30-18-24(2)15-16-25(30)3/h1,12-16,18-21H,22-23H2,2-3H3. The number of hydrogen-bond acceptors (Lipinski definition) is 1. The lowest BCUT2D eigenvalue weighted by molar-refractivity contribution is 0.520. The number of halogens is 2. The molecule has 0 aliphatic heterocycles. The van der Waals surface area contributed by atoms with E-state index in [1.807, 2.05) is 24.3 Å². The summed E-state index contributed by atoms with van der Waals surface area (Å²) in [4.78, 5) is 0. The smallest absolute Gasteiger partial charge is 0.140 e. The van der Waals surface area contributed by atoms with Gasteiger partial charge < -0.3 is 4.74 Å². The topological polar surface area (TPSA) is 9.23 Å². The van der Waals surface area contributed by atoms with Crippen LogP contribution >= 0.6 is 23.2 Å². The minimum atomic E-state index is 0.364. The molecule has 3 aromatic carbocycles. The summed E-state index contributed by atoms with van der Waals surface area (Å²) in [6.45, 7) is 4.19. The van der Waals surface area contributed by atoms with Gasteiger partial charge >= 0.3 is 0 Å². The molecule has 35 heavy (non-hydrogen) atoms. The van der Waals surface area contributed by atoms with Gasteiger partial charge in [-0.25, -0.2) is 0 Å². The molecule has 0 spiro atoms. The lowest BCUT2D eigenvalue weighted by Crippen LogP contribution is -1.96. The Morgan fingerprint density at radius 1 is 0.714 bits per heavy atom. The Morgan fingerprint density at radius 2 is 1.37 bits per heavy atom. The van der Waals surface area contributed by atoms with Crippen LogP contribution in [-0.4, -0.2) is 0 Å². The predicted molar refractivity (Wildman–Crippen MR) is 146 cm³/mol. The van der Waals surface area contributed by atoms with Crippen molar-refractivity contribution in [1.82, 2.24) is 0 Å². The van der Waals surface area contributed by atoms with Crippen molar-refractivity contribution in [2.24, 2.45) is 0 Å². The summed E-state index contributed by atoms with van der Waals surface area (Å²) in [6, 6.07) is 18.3. The van der Waals surface area contributed by atoms with Gasteiger partial charge in [0.05, 0.1) is 0 Å². The summed E-state index contributed by atoms with van der Waals surface area (Å²) in [5, 5.41) is 0. The summed E-state index contributed by atoms with van der Waals surface area (Å²) < 4.78 is 5.54. The quantitative estimate of drug-likeness (QED) is 0.273. The average Bonchev–Trinajstić information content (AvgIpc) is 2.88. The van der Waals surface area contributed by atoms with Gasteiger partial charge in [-0.15, -0.1) is 29.6 Å². The van der Waals surface area contributed by atoms with Gasteiger partial charge in [0.2, 0.25) is 0 Å². The van der Waals surface area contributed by atoms with E-state index in [9.17, 15) is 0 Å². The summed E-state index contributed by atoms with van der Waals surface area (Å²) in [5.74, 6) is 21.1. The van der Waals surface area contributed by atoms with Crippen molar-refractivity contribution in [2.45, 2.75) is 25.6 Å². The lowest BCUT2D eigenvalue weighted by atomic mass is 9.89. The molecule has 3 rings (SSSR count). The second kappa shape index (κ2) is 12.9. The van der Waals surface area contributed by atoms with Crippen molar-refractivity contribution in [3.63, 3.8) is 0 Å². The molecule has 3 aromatic rings. The highest BCUT2D eigenvalue weighted by Gasteiger charge is 2.14. The highest BCUT2D eigenvalue weighted by molar-refractivity contribution is 6.18. The molecule has 0 aromatic heterocycles. The number of hydrogen-bond donors (Lipinski definition) is 0. The van der Waals surface area contributed by atoms with E-state index in [0.717, 1.165) is 27.8 Å². The zero-order valence-electron chi connectivity index (χ0n) is 19.4. The summed E-state index contributed by atoms with van der Waals surface area (Å²) in [7, 11) is 0. The first kappa shape index (κ1) is 25.5. The third-order valence-corrected chi connectivity index (χ3v) is 5.69. The molecule has 0 saturated heterocycles. The van der Waals surface area contributed by atoms with E-state index in [0.29, 0.717) is 17.5 Å². The van der Waals surface area contributed by atoms with Crippen LogP contribution in [0.1, 0.15) is 22.3 Å². The van der Waals surface area contributed by atoms with Crippen molar-refractivity contribution in [3.05, 3.63) is 76.9 Å². The minimum Gasteiger partial charge on any atom is -0.407 e. The van der Waals surface area contributed by atoms with E-state index >= 15 is 0 Å². The Hall–Kier alpha value is -4.16. The maximum atomic E-state index is 6.39. The largest absolute Gasteiger partial charge is 0.407 e. The van der Waals surface area contributed by atoms with Gasteiger partial charge in [-0.3, -0.25) is 0 Å². The third kappa shape index (κ3) is 6.91. The van der Waals surface area contributed by atoms with E-state index in [2.05, 4.69) is 97.6 Å².